The zero-order valence-corrected chi connectivity index (χ0v) is 15.1. The average Bonchev–Trinajstić information content (AvgIpc) is 2.73. The van der Waals surface area contributed by atoms with Crippen LogP contribution in [0.2, 0.25) is 0 Å². The smallest absolute Gasteiger partial charge is 0.0757 e. The van der Waals surface area contributed by atoms with Gasteiger partial charge in [0.1, 0.15) is 0 Å². The molecule has 20 heavy (non-hydrogen) atoms. The van der Waals surface area contributed by atoms with Crippen molar-refractivity contribution in [1.29, 1.82) is 0 Å². The summed E-state index contributed by atoms with van der Waals surface area (Å²) in [5.41, 5.74) is 6.32. The topological polar surface area (TPSA) is 38.5 Å². The molecular formula is C15H25BrN2OS. The summed E-state index contributed by atoms with van der Waals surface area (Å²) in [5.74, 6) is 0. The molecule has 1 fully saturated rings. The summed E-state index contributed by atoms with van der Waals surface area (Å²) in [4.78, 5) is 3.84. The molecule has 5 heteroatoms. The minimum atomic E-state index is -0.113. The lowest BCUT2D eigenvalue weighted by atomic mass is 9.98. The van der Waals surface area contributed by atoms with Crippen molar-refractivity contribution in [3.63, 3.8) is 0 Å². The number of ether oxygens (including phenoxy) is 1. The van der Waals surface area contributed by atoms with Crippen molar-refractivity contribution in [3.05, 3.63) is 20.8 Å². The van der Waals surface area contributed by atoms with Crippen molar-refractivity contribution < 1.29 is 4.74 Å². The molecule has 2 rings (SSSR count). The number of rotatable bonds is 4. The van der Waals surface area contributed by atoms with Crippen LogP contribution in [0.1, 0.15) is 45.0 Å². The van der Waals surface area contributed by atoms with Gasteiger partial charge in [-0.05, 0) is 55.3 Å². The Kier molecular flexibility index (Phi) is 5.29. The lowest BCUT2D eigenvalue weighted by Crippen LogP contribution is -2.55. The minimum Gasteiger partial charge on any atom is -0.370 e. The van der Waals surface area contributed by atoms with Crippen molar-refractivity contribution in [2.45, 2.75) is 57.9 Å². The Morgan fingerprint density at radius 3 is 2.75 bits per heavy atom. The zero-order valence-electron chi connectivity index (χ0n) is 12.7. The van der Waals surface area contributed by atoms with E-state index in [1.54, 1.807) is 11.3 Å². The third-order valence-electron chi connectivity index (χ3n) is 3.75. The molecule has 0 spiro atoms. The molecule has 0 amide bonds. The van der Waals surface area contributed by atoms with Gasteiger partial charge in [0.15, 0.2) is 0 Å². The first kappa shape index (κ1) is 16.4. The fourth-order valence-electron chi connectivity index (χ4n) is 3.09. The van der Waals surface area contributed by atoms with E-state index < -0.39 is 0 Å². The van der Waals surface area contributed by atoms with E-state index in [1.165, 1.54) is 8.66 Å². The monoisotopic (exact) mass is 360 g/mol. The van der Waals surface area contributed by atoms with Crippen LogP contribution in [-0.4, -0.2) is 35.7 Å². The van der Waals surface area contributed by atoms with Gasteiger partial charge in [0.2, 0.25) is 0 Å². The molecule has 0 radical (unpaired) electrons. The molecule has 1 saturated heterocycles. The standard InChI is InChI=1S/C15H25BrN2OS/c1-5-11(17)14(12-6-7-13(16)20-12)18-8-10(2)19-15(3,4)9-18/h6-7,10-11,14H,5,8-9,17H2,1-4H3. The second-order valence-electron chi connectivity index (χ2n) is 6.28. The lowest BCUT2D eigenvalue weighted by Gasteiger charge is -2.46. The molecule has 0 aliphatic carbocycles. The maximum atomic E-state index is 6.43. The van der Waals surface area contributed by atoms with Crippen LogP contribution < -0.4 is 5.73 Å². The van der Waals surface area contributed by atoms with Crippen molar-refractivity contribution in [2.24, 2.45) is 5.73 Å². The SMILES string of the molecule is CCC(N)C(c1ccc(Br)s1)N1CC(C)OC(C)(C)C1. The molecule has 3 atom stereocenters. The van der Waals surface area contributed by atoms with Gasteiger partial charge >= 0.3 is 0 Å². The van der Waals surface area contributed by atoms with Crippen molar-refractivity contribution in [3.8, 4) is 0 Å². The number of hydrogen-bond acceptors (Lipinski definition) is 4. The van der Waals surface area contributed by atoms with Crippen molar-refractivity contribution in [1.82, 2.24) is 4.90 Å². The summed E-state index contributed by atoms with van der Waals surface area (Å²) in [7, 11) is 0. The molecule has 1 aliphatic rings. The van der Waals surface area contributed by atoms with Gasteiger partial charge in [0.05, 0.1) is 21.5 Å². The van der Waals surface area contributed by atoms with E-state index in [4.69, 9.17) is 10.5 Å². The third-order valence-corrected chi connectivity index (χ3v) is 5.45. The van der Waals surface area contributed by atoms with Crippen LogP contribution >= 0.6 is 27.3 Å². The predicted octanol–water partition coefficient (Wildman–Crippen LogP) is 3.79. The van der Waals surface area contributed by atoms with Crippen LogP contribution in [-0.2, 0) is 4.74 Å². The Balaban J connectivity index is 2.27. The normalized spacial score (nSPS) is 26.4. The van der Waals surface area contributed by atoms with Gasteiger partial charge in [0.25, 0.3) is 0 Å². The molecule has 1 aliphatic heterocycles. The maximum absolute atomic E-state index is 6.43. The fraction of sp³-hybridized carbons (Fsp3) is 0.733. The molecule has 2 heterocycles. The van der Waals surface area contributed by atoms with Gasteiger partial charge in [-0.15, -0.1) is 11.3 Å². The quantitative estimate of drug-likeness (QED) is 0.887. The second-order valence-corrected chi connectivity index (χ2v) is 8.77. The van der Waals surface area contributed by atoms with E-state index in [1.807, 2.05) is 0 Å². The highest BCUT2D eigenvalue weighted by Gasteiger charge is 2.37. The summed E-state index contributed by atoms with van der Waals surface area (Å²) < 4.78 is 7.19. The number of nitrogens with two attached hydrogens (primary N) is 1. The number of nitrogens with zero attached hydrogens (tertiary/aromatic N) is 1. The van der Waals surface area contributed by atoms with Gasteiger partial charge in [-0.3, -0.25) is 4.90 Å². The molecule has 0 aromatic carbocycles. The van der Waals surface area contributed by atoms with E-state index in [9.17, 15) is 0 Å². The van der Waals surface area contributed by atoms with Crippen LogP contribution in [0.25, 0.3) is 0 Å². The first-order valence-electron chi connectivity index (χ1n) is 7.25. The molecule has 1 aromatic rings. The number of morpholine rings is 1. The molecule has 1 aromatic heterocycles. The highest BCUT2D eigenvalue weighted by atomic mass is 79.9. The van der Waals surface area contributed by atoms with Crippen LogP contribution in [0.3, 0.4) is 0 Å². The van der Waals surface area contributed by atoms with E-state index in [2.05, 4.69) is 60.7 Å². The van der Waals surface area contributed by atoms with Crippen LogP contribution in [0.15, 0.2) is 15.9 Å². The number of halogens is 1. The highest BCUT2D eigenvalue weighted by molar-refractivity contribution is 9.11. The zero-order chi connectivity index (χ0) is 14.9. The van der Waals surface area contributed by atoms with Crippen LogP contribution in [0.4, 0.5) is 0 Å². The van der Waals surface area contributed by atoms with Gasteiger partial charge in [-0.2, -0.15) is 0 Å². The van der Waals surface area contributed by atoms with E-state index >= 15 is 0 Å². The van der Waals surface area contributed by atoms with Crippen LogP contribution in [0.5, 0.6) is 0 Å². The van der Waals surface area contributed by atoms with E-state index in [0.717, 1.165) is 19.5 Å². The van der Waals surface area contributed by atoms with Crippen molar-refractivity contribution in [2.75, 3.05) is 13.1 Å². The summed E-state index contributed by atoms with van der Waals surface area (Å²) >= 11 is 5.35. The Bertz CT molecular complexity index is 449. The Morgan fingerprint density at radius 1 is 1.55 bits per heavy atom. The van der Waals surface area contributed by atoms with E-state index in [-0.39, 0.29) is 23.8 Å². The number of thiophene rings is 1. The minimum absolute atomic E-state index is 0.113. The van der Waals surface area contributed by atoms with Crippen molar-refractivity contribution >= 4 is 27.3 Å². The molecule has 114 valence electrons. The van der Waals surface area contributed by atoms with Gasteiger partial charge in [-0.1, -0.05) is 6.92 Å². The average molecular weight is 361 g/mol. The maximum Gasteiger partial charge on any atom is 0.0757 e. The third kappa shape index (κ3) is 3.83. The van der Waals surface area contributed by atoms with Gasteiger partial charge in [-0.25, -0.2) is 0 Å². The molecule has 2 N–H and O–H groups in total. The van der Waals surface area contributed by atoms with Gasteiger partial charge in [0, 0.05) is 24.0 Å². The fourth-order valence-corrected chi connectivity index (χ4v) is 4.72. The summed E-state index contributed by atoms with van der Waals surface area (Å²) in [6, 6.07) is 4.75. The van der Waals surface area contributed by atoms with Crippen LogP contribution in [0, 0.1) is 0 Å². The largest absolute Gasteiger partial charge is 0.370 e. The number of hydrogen-bond donors (Lipinski definition) is 1. The predicted molar refractivity (Wildman–Crippen MR) is 89.2 cm³/mol. The Hall–Kier alpha value is 0.0600. The Labute approximate surface area is 134 Å². The summed E-state index contributed by atoms with van der Waals surface area (Å²) in [6.45, 7) is 10.5. The summed E-state index contributed by atoms with van der Waals surface area (Å²) in [5, 5.41) is 0. The van der Waals surface area contributed by atoms with E-state index in [0.29, 0.717) is 0 Å². The Morgan fingerprint density at radius 2 is 2.25 bits per heavy atom. The summed E-state index contributed by atoms with van der Waals surface area (Å²) in [6.07, 6.45) is 1.22. The molecule has 0 saturated carbocycles. The molecule has 0 bridgehead atoms. The van der Waals surface area contributed by atoms with Gasteiger partial charge < -0.3 is 10.5 Å². The lowest BCUT2D eigenvalue weighted by molar-refractivity contribution is -0.140. The second kappa shape index (κ2) is 6.44. The molecule has 3 nitrogen and oxygen atoms in total. The first-order valence-corrected chi connectivity index (χ1v) is 8.86. The first-order chi connectivity index (χ1) is 9.32. The highest BCUT2D eigenvalue weighted by Crippen LogP contribution is 2.36. The molecular weight excluding hydrogens is 336 g/mol. The molecule has 3 unspecified atom stereocenters.